The van der Waals surface area contributed by atoms with Gasteiger partial charge in [-0.05, 0) is 90.9 Å². The van der Waals surface area contributed by atoms with Crippen molar-refractivity contribution in [1.29, 1.82) is 0 Å². The van der Waals surface area contributed by atoms with Gasteiger partial charge in [-0.3, -0.25) is 0 Å². The summed E-state index contributed by atoms with van der Waals surface area (Å²) in [4.78, 5) is 5.53. The molecule has 0 spiro atoms. The molecule has 2 nitrogen and oxygen atoms in total. The number of benzene rings is 2. The van der Waals surface area contributed by atoms with E-state index in [1.165, 1.54) is 39.5 Å². The summed E-state index contributed by atoms with van der Waals surface area (Å²) in [6, 6.07) is 22.9. The van der Waals surface area contributed by atoms with Gasteiger partial charge in [0.05, 0.1) is 6.04 Å². The maximum Gasteiger partial charge on any atom is 0.216 e. The van der Waals surface area contributed by atoms with Gasteiger partial charge in [-0.2, -0.15) is 0 Å². The molecule has 0 N–H and O–H groups in total. The van der Waals surface area contributed by atoms with Gasteiger partial charge in [0.1, 0.15) is 0 Å². The van der Waals surface area contributed by atoms with Gasteiger partial charge >= 0.3 is 0 Å². The molecule has 7 aliphatic rings. The van der Waals surface area contributed by atoms with Gasteiger partial charge in [-0.15, -0.1) is 0 Å². The van der Waals surface area contributed by atoms with E-state index >= 15 is 0 Å². The van der Waals surface area contributed by atoms with E-state index in [1.54, 1.807) is 10.9 Å². The zero-order valence-corrected chi connectivity index (χ0v) is 30.8. The first-order chi connectivity index (χ1) is 24.8. The standard InChI is InChI=1S/C48H51BN2/c1-47(2,34-17-8-5-9-18-34)36-27-30-39(31-28-36)51-43-32-29-37(48(3,4)35-19-10-6-11-20-35)33-41(43)49-40-23-14-15-24-42(40)50(38-21-12-7-13-22-38)44-25-16-26-45(51)46(44)49/h5-12,15-21,24-27,29-31,33,36,43,45-46H,13-14,22-23,28,32H2,1-4H3. The number of rotatable bonds is 6. The van der Waals surface area contributed by atoms with Crippen LogP contribution in [0.25, 0.3) is 0 Å². The molecule has 2 aromatic rings. The molecule has 1 saturated heterocycles. The zero-order chi connectivity index (χ0) is 34.7. The molecule has 0 amide bonds. The zero-order valence-electron chi connectivity index (χ0n) is 30.8. The van der Waals surface area contributed by atoms with Crippen molar-refractivity contribution in [3.05, 3.63) is 190 Å². The Hall–Kier alpha value is -4.50. The van der Waals surface area contributed by atoms with E-state index in [0.717, 1.165) is 38.5 Å². The van der Waals surface area contributed by atoms with Crippen LogP contribution in [0.15, 0.2) is 179 Å². The third kappa shape index (κ3) is 5.30. The third-order valence-corrected chi connectivity index (χ3v) is 13.3. The summed E-state index contributed by atoms with van der Waals surface area (Å²) >= 11 is 0. The van der Waals surface area contributed by atoms with Crippen molar-refractivity contribution in [1.82, 2.24) is 9.80 Å². The number of hydrogen-bond donors (Lipinski definition) is 0. The highest BCUT2D eigenvalue weighted by Crippen LogP contribution is 2.56. The minimum atomic E-state index is -0.0735. The maximum absolute atomic E-state index is 2.85. The first-order valence-electron chi connectivity index (χ1n) is 19.5. The molecule has 51 heavy (non-hydrogen) atoms. The van der Waals surface area contributed by atoms with Crippen molar-refractivity contribution in [3.8, 4) is 0 Å². The monoisotopic (exact) mass is 666 g/mol. The normalized spacial score (nSPS) is 26.8. The second kappa shape index (κ2) is 12.6. The van der Waals surface area contributed by atoms with Crippen LogP contribution < -0.4 is 0 Å². The lowest BCUT2D eigenvalue weighted by atomic mass is 9.25. The third-order valence-electron chi connectivity index (χ3n) is 13.3. The molecular weight excluding hydrogens is 615 g/mol. The number of hydrogen-bond acceptors (Lipinski definition) is 2. The highest BCUT2D eigenvalue weighted by molar-refractivity contribution is 6.77. The quantitative estimate of drug-likeness (QED) is 0.283. The molecule has 5 aliphatic carbocycles. The van der Waals surface area contributed by atoms with Crippen LogP contribution in [-0.4, -0.2) is 28.6 Å². The summed E-state index contributed by atoms with van der Waals surface area (Å²) in [5.41, 5.74) is 13.3. The maximum atomic E-state index is 2.85. The summed E-state index contributed by atoms with van der Waals surface area (Å²) in [5.74, 6) is 0.817. The fraction of sp³-hybridized carbons (Fsp3) is 0.333. The fourth-order valence-corrected chi connectivity index (χ4v) is 10.3. The molecule has 1 fully saturated rings. The van der Waals surface area contributed by atoms with Crippen LogP contribution in [0.4, 0.5) is 0 Å². The van der Waals surface area contributed by atoms with Crippen LogP contribution in [0, 0.1) is 5.92 Å². The molecule has 0 saturated carbocycles. The van der Waals surface area contributed by atoms with Crippen molar-refractivity contribution >= 4 is 6.71 Å². The Morgan fingerprint density at radius 3 is 2.24 bits per heavy atom. The molecular formula is C48H51BN2. The van der Waals surface area contributed by atoms with Gasteiger partial charge in [-0.25, -0.2) is 0 Å². The van der Waals surface area contributed by atoms with Crippen molar-refractivity contribution in [2.45, 2.75) is 95.0 Å². The van der Waals surface area contributed by atoms with Gasteiger partial charge in [-0.1, -0.05) is 154 Å². The molecule has 4 atom stereocenters. The van der Waals surface area contributed by atoms with Gasteiger partial charge in [0.2, 0.25) is 6.71 Å². The Kier molecular flexibility index (Phi) is 8.02. The summed E-state index contributed by atoms with van der Waals surface area (Å²) in [7, 11) is 0. The first kappa shape index (κ1) is 32.4. The summed E-state index contributed by atoms with van der Waals surface area (Å²) in [6.07, 6.45) is 38.6. The minimum absolute atomic E-state index is 0.0629. The van der Waals surface area contributed by atoms with E-state index in [0.29, 0.717) is 30.5 Å². The number of nitrogens with zero attached hydrogens (tertiary/aromatic N) is 2. The van der Waals surface area contributed by atoms with E-state index < -0.39 is 0 Å². The molecule has 0 bridgehead atoms. The Bertz CT molecular complexity index is 2030. The van der Waals surface area contributed by atoms with Crippen molar-refractivity contribution < 1.29 is 0 Å². The molecule has 2 aromatic carbocycles. The predicted octanol–water partition coefficient (Wildman–Crippen LogP) is 11.3. The molecule has 0 radical (unpaired) electrons. The van der Waals surface area contributed by atoms with Gasteiger partial charge < -0.3 is 9.80 Å². The largest absolute Gasteiger partial charge is 0.359 e. The second-order valence-electron chi connectivity index (χ2n) is 16.7. The SMILES string of the molecule is CC(C)(C1=CCC2C(=C1)B1C3=C(C=CCC3)N(C3=CC=CCC3)C3=CC=CC(C13)N2C1=CCC(C(C)(C)c2ccccc2)C=C1)c1ccccc1. The van der Waals surface area contributed by atoms with Gasteiger partial charge in [0, 0.05) is 40.1 Å². The van der Waals surface area contributed by atoms with Gasteiger partial charge in [0.25, 0.3) is 0 Å². The van der Waals surface area contributed by atoms with Crippen LogP contribution in [0.3, 0.4) is 0 Å². The molecule has 9 rings (SSSR count). The molecule has 2 aliphatic heterocycles. The van der Waals surface area contributed by atoms with Crippen LogP contribution in [0.2, 0.25) is 5.82 Å². The lowest BCUT2D eigenvalue weighted by Crippen LogP contribution is -2.61. The van der Waals surface area contributed by atoms with Crippen molar-refractivity contribution in [2.24, 2.45) is 5.92 Å². The Labute approximate surface area is 306 Å². The number of fused-ring (bicyclic) bond motifs is 3. The highest BCUT2D eigenvalue weighted by atomic mass is 15.2. The summed E-state index contributed by atoms with van der Waals surface area (Å²) < 4.78 is 0. The molecule has 4 unspecified atom stereocenters. The molecule has 0 aromatic heterocycles. The summed E-state index contributed by atoms with van der Waals surface area (Å²) in [6.45, 7) is 10.1. The minimum Gasteiger partial charge on any atom is -0.359 e. The molecule has 2 heterocycles. The van der Waals surface area contributed by atoms with E-state index in [9.17, 15) is 0 Å². The van der Waals surface area contributed by atoms with Crippen molar-refractivity contribution in [2.75, 3.05) is 0 Å². The lowest BCUT2D eigenvalue weighted by Gasteiger charge is -2.58. The fourth-order valence-electron chi connectivity index (χ4n) is 10.3. The van der Waals surface area contributed by atoms with E-state index in [-0.39, 0.29) is 10.8 Å². The molecule has 3 heteroatoms. The Balaban J connectivity index is 1.17. The Morgan fingerprint density at radius 2 is 1.51 bits per heavy atom. The highest BCUT2D eigenvalue weighted by Gasteiger charge is 2.55. The second-order valence-corrected chi connectivity index (χ2v) is 16.7. The van der Waals surface area contributed by atoms with E-state index in [4.69, 9.17) is 0 Å². The predicted molar refractivity (Wildman–Crippen MR) is 215 cm³/mol. The van der Waals surface area contributed by atoms with Gasteiger partial charge in [0.15, 0.2) is 0 Å². The van der Waals surface area contributed by atoms with Crippen molar-refractivity contribution in [3.63, 3.8) is 0 Å². The molecule has 256 valence electrons. The average Bonchev–Trinajstić information content (AvgIpc) is 3.18. The van der Waals surface area contributed by atoms with E-state index in [1.807, 2.05) is 0 Å². The van der Waals surface area contributed by atoms with Crippen LogP contribution >= 0.6 is 0 Å². The first-order valence-corrected chi connectivity index (χ1v) is 19.5. The van der Waals surface area contributed by atoms with Crippen LogP contribution in [0.1, 0.15) is 77.3 Å². The van der Waals surface area contributed by atoms with Crippen LogP contribution in [-0.2, 0) is 10.8 Å². The van der Waals surface area contributed by atoms with Crippen LogP contribution in [0.5, 0.6) is 0 Å². The lowest BCUT2D eigenvalue weighted by molar-refractivity contribution is 0.218. The topological polar surface area (TPSA) is 6.48 Å². The Morgan fingerprint density at radius 1 is 0.745 bits per heavy atom. The average molecular weight is 667 g/mol. The number of allylic oxidation sites excluding steroid dienone is 14. The van der Waals surface area contributed by atoms with E-state index in [2.05, 4.69) is 177 Å². The summed E-state index contributed by atoms with van der Waals surface area (Å²) in [5, 5.41) is 0. The smallest absolute Gasteiger partial charge is 0.216 e.